The number of anilines is 1. The molecule has 1 unspecified atom stereocenters. The third-order valence-corrected chi connectivity index (χ3v) is 2.48. The first kappa shape index (κ1) is 10.5. The van der Waals surface area contributed by atoms with Crippen LogP contribution in [0.3, 0.4) is 0 Å². The molecule has 2 rings (SSSR count). The van der Waals surface area contributed by atoms with E-state index in [-0.39, 0.29) is 18.2 Å². The van der Waals surface area contributed by atoms with Gasteiger partial charge in [-0.1, -0.05) is 0 Å². The standard InChI is InChI=1S/C10H12N4O2/c1-6-3-4-11-10(12-6)13-7-5-8(15)14(2)9(7)16/h3-4,7H,5H2,1-2H3,(H,11,12,13). The molecule has 0 aliphatic carbocycles. The van der Waals surface area contributed by atoms with E-state index in [1.54, 1.807) is 12.3 Å². The van der Waals surface area contributed by atoms with Gasteiger partial charge in [0, 0.05) is 18.9 Å². The molecular formula is C10H12N4O2. The number of nitrogens with one attached hydrogen (secondary N) is 1. The first-order chi connectivity index (χ1) is 7.58. The Morgan fingerprint density at radius 3 is 2.81 bits per heavy atom. The molecule has 1 fully saturated rings. The quantitative estimate of drug-likeness (QED) is 0.707. The number of likely N-dealkylation sites (tertiary alicyclic amines) is 1. The van der Waals surface area contributed by atoms with Gasteiger partial charge in [-0.3, -0.25) is 14.5 Å². The number of aromatic nitrogens is 2. The number of carbonyl (C=O) groups excluding carboxylic acids is 2. The zero-order valence-corrected chi connectivity index (χ0v) is 9.10. The van der Waals surface area contributed by atoms with Crippen molar-refractivity contribution in [2.45, 2.75) is 19.4 Å². The highest BCUT2D eigenvalue weighted by atomic mass is 16.2. The van der Waals surface area contributed by atoms with Crippen LogP contribution < -0.4 is 5.32 Å². The zero-order valence-electron chi connectivity index (χ0n) is 9.10. The molecule has 1 aromatic heterocycles. The van der Waals surface area contributed by atoms with Crippen LogP contribution in [-0.2, 0) is 9.59 Å². The molecule has 1 aliphatic heterocycles. The van der Waals surface area contributed by atoms with Gasteiger partial charge in [-0.05, 0) is 13.0 Å². The monoisotopic (exact) mass is 220 g/mol. The van der Waals surface area contributed by atoms with Crippen LogP contribution in [0.1, 0.15) is 12.1 Å². The number of imide groups is 1. The van der Waals surface area contributed by atoms with Crippen molar-refractivity contribution in [2.75, 3.05) is 12.4 Å². The van der Waals surface area contributed by atoms with Gasteiger partial charge < -0.3 is 5.32 Å². The van der Waals surface area contributed by atoms with Gasteiger partial charge in [0.2, 0.25) is 11.9 Å². The zero-order chi connectivity index (χ0) is 11.7. The number of nitrogens with zero attached hydrogens (tertiary/aromatic N) is 3. The van der Waals surface area contributed by atoms with Crippen LogP contribution in [0.25, 0.3) is 0 Å². The molecule has 6 heteroatoms. The Balaban J connectivity index is 2.12. The smallest absolute Gasteiger partial charge is 0.252 e. The molecule has 1 atom stereocenters. The second-order valence-corrected chi connectivity index (χ2v) is 3.71. The number of rotatable bonds is 2. The van der Waals surface area contributed by atoms with E-state index in [4.69, 9.17) is 0 Å². The Hall–Kier alpha value is -1.98. The van der Waals surface area contributed by atoms with Crippen molar-refractivity contribution in [3.63, 3.8) is 0 Å². The Morgan fingerprint density at radius 2 is 2.25 bits per heavy atom. The van der Waals surface area contributed by atoms with Gasteiger partial charge in [-0.25, -0.2) is 9.97 Å². The molecule has 1 saturated heterocycles. The second kappa shape index (κ2) is 3.88. The highest BCUT2D eigenvalue weighted by Gasteiger charge is 2.36. The average molecular weight is 220 g/mol. The number of carbonyl (C=O) groups is 2. The Bertz CT molecular complexity index is 446. The molecule has 0 spiro atoms. The Morgan fingerprint density at radius 1 is 1.50 bits per heavy atom. The fourth-order valence-corrected chi connectivity index (χ4v) is 1.54. The maximum Gasteiger partial charge on any atom is 0.252 e. The highest BCUT2D eigenvalue weighted by molar-refractivity contribution is 6.06. The Labute approximate surface area is 92.7 Å². The summed E-state index contributed by atoms with van der Waals surface area (Å²) in [4.78, 5) is 32.1. The van der Waals surface area contributed by atoms with Crippen LogP contribution in [0.2, 0.25) is 0 Å². The minimum Gasteiger partial charge on any atom is -0.342 e. The van der Waals surface area contributed by atoms with Gasteiger partial charge in [-0.2, -0.15) is 0 Å². The lowest BCUT2D eigenvalue weighted by atomic mass is 10.2. The average Bonchev–Trinajstić information content (AvgIpc) is 2.47. The predicted molar refractivity (Wildman–Crippen MR) is 56.6 cm³/mol. The third-order valence-electron chi connectivity index (χ3n) is 2.48. The van der Waals surface area contributed by atoms with Gasteiger partial charge in [-0.15, -0.1) is 0 Å². The van der Waals surface area contributed by atoms with E-state index in [1.807, 2.05) is 6.92 Å². The van der Waals surface area contributed by atoms with E-state index < -0.39 is 6.04 Å². The lowest BCUT2D eigenvalue weighted by molar-refractivity contribution is -0.136. The van der Waals surface area contributed by atoms with E-state index in [0.717, 1.165) is 10.6 Å². The lowest BCUT2D eigenvalue weighted by Crippen LogP contribution is -2.32. The van der Waals surface area contributed by atoms with E-state index in [2.05, 4.69) is 15.3 Å². The summed E-state index contributed by atoms with van der Waals surface area (Å²) in [6.45, 7) is 1.83. The second-order valence-electron chi connectivity index (χ2n) is 3.71. The Kier molecular flexibility index (Phi) is 2.55. The van der Waals surface area contributed by atoms with Crippen molar-refractivity contribution in [1.29, 1.82) is 0 Å². The van der Waals surface area contributed by atoms with Crippen molar-refractivity contribution in [1.82, 2.24) is 14.9 Å². The number of hydrogen-bond donors (Lipinski definition) is 1. The van der Waals surface area contributed by atoms with Crippen LogP contribution in [0.15, 0.2) is 12.3 Å². The molecule has 16 heavy (non-hydrogen) atoms. The molecule has 1 N–H and O–H groups in total. The molecular weight excluding hydrogens is 208 g/mol. The summed E-state index contributed by atoms with van der Waals surface area (Å²) in [5.41, 5.74) is 0.808. The first-order valence-electron chi connectivity index (χ1n) is 4.94. The van der Waals surface area contributed by atoms with Gasteiger partial charge >= 0.3 is 0 Å². The summed E-state index contributed by atoms with van der Waals surface area (Å²) in [7, 11) is 1.48. The maximum atomic E-state index is 11.6. The van der Waals surface area contributed by atoms with E-state index in [9.17, 15) is 9.59 Å². The maximum absolute atomic E-state index is 11.6. The molecule has 0 bridgehead atoms. The summed E-state index contributed by atoms with van der Waals surface area (Å²) in [6.07, 6.45) is 1.77. The van der Waals surface area contributed by atoms with Crippen molar-refractivity contribution in [3.05, 3.63) is 18.0 Å². The van der Waals surface area contributed by atoms with Crippen LogP contribution in [-0.4, -0.2) is 39.8 Å². The molecule has 0 aromatic carbocycles. The van der Waals surface area contributed by atoms with Crippen LogP contribution in [0, 0.1) is 6.92 Å². The predicted octanol–water partition coefficient (Wildman–Crippen LogP) is -0.0458. The van der Waals surface area contributed by atoms with E-state index in [1.165, 1.54) is 7.05 Å². The molecule has 84 valence electrons. The molecule has 1 aliphatic rings. The fourth-order valence-electron chi connectivity index (χ4n) is 1.54. The summed E-state index contributed by atoms with van der Waals surface area (Å²) < 4.78 is 0. The molecule has 0 radical (unpaired) electrons. The number of likely N-dealkylation sites (N-methyl/N-ethyl adjacent to an activating group) is 1. The first-order valence-corrected chi connectivity index (χ1v) is 4.94. The van der Waals surface area contributed by atoms with Crippen molar-refractivity contribution < 1.29 is 9.59 Å². The van der Waals surface area contributed by atoms with Gasteiger partial charge in [0.05, 0.1) is 6.42 Å². The topological polar surface area (TPSA) is 75.2 Å². The number of amides is 2. The normalized spacial score (nSPS) is 20.4. The largest absolute Gasteiger partial charge is 0.342 e. The summed E-state index contributed by atoms with van der Waals surface area (Å²) in [5, 5.41) is 2.86. The minimum absolute atomic E-state index is 0.159. The van der Waals surface area contributed by atoms with Gasteiger partial charge in [0.25, 0.3) is 5.91 Å². The van der Waals surface area contributed by atoms with Gasteiger partial charge in [0.1, 0.15) is 6.04 Å². The summed E-state index contributed by atoms with van der Waals surface area (Å²) >= 11 is 0. The molecule has 2 heterocycles. The van der Waals surface area contributed by atoms with Crippen LogP contribution in [0.5, 0.6) is 0 Å². The summed E-state index contributed by atoms with van der Waals surface area (Å²) in [6, 6.07) is 1.22. The number of hydrogen-bond acceptors (Lipinski definition) is 5. The molecule has 6 nitrogen and oxygen atoms in total. The van der Waals surface area contributed by atoms with E-state index in [0.29, 0.717) is 5.95 Å². The van der Waals surface area contributed by atoms with Gasteiger partial charge in [0.15, 0.2) is 0 Å². The molecule has 2 amide bonds. The summed E-state index contributed by atoms with van der Waals surface area (Å²) in [5.74, 6) is -0.0493. The van der Waals surface area contributed by atoms with Crippen molar-refractivity contribution >= 4 is 17.8 Å². The van der Waals surface area contributed by atoms with Crippen LogP contribution >= 0.6 is 0 Å². The van der Waals surface area contributed by atoms with E-state index >= 15 is 0 Å². The molecule has 0 saturated carbocycles. The number of aryl methyl sites for hydroxylation is 1. The molecule has 1 aromatic rings. The lowest BCUT2D eigenvalue weighted by Gasteiger charge is -2.10. The highest BCUT2D eigenvalue weighted by Crippen LogP contribution is 2.14. The van der Waals surface area contributed by atoms with Crippen molar-refractivity contribution in [3.8, 4) is 0 Å². The minimum atomic E-state index is -0.542. The fraction of sp³-hybridized carbons (Fsp3) is 0.400. The SMILES string of the molecule is Cc1ccnc(NC2CC(=O)N(C)C2=O)n1. The third kappa shape index (κ3) is 1.86. The van der Waals surface area contributed by atoms with Crippen molar-refractivity contribution in [2.24, 2.45) is 0 Å². The van der Waals surface area contributed by atoms with Crippen LogP contribution in [0.4, 0.5) is 5.95 Å².